The molecule has 1 spiro atoms. The molecule has 1 unspecified atom stereocenters. The third-order valence-corrected chi connectivity index (χ3v) is 7.02. The van der Waals surface area contributed by atoms with Crippen LogP contribution in [0.3, 0.4) is 0 Å². The predicted molar refractivity (Wildman–Crippen MR) is 100 cm³/mol. The number of hydrogen-bond acceptors (Lipinski definition) is 6. The molecule has 0 radical (unpaired) electrons. The molecular weight excluding hydrogens is 407 g/mol. The summed E-state index contributed by atoms with van der Waals surface area (Å²) in [5.41, 5.74) is 1.17. The average molecular weight is 431 g/mol. The third-order valence-electron chi connectivity index (χ3n) is 5.62. The van der Waals surface area contributed by atoms with Crippen molar-refractivity contribution in [2.45, 2.75) is 50.2 Å². The fraction of sp³-hybridized carbons (Fsp3) is 0.632. The summed E-state index contributed by atoms with van der Waals surface area (Å²) in [7, 11) is 0. The highest BCUT2D eigenvalue weighted by Crippen LogP contribution is 2.48. The van der Waals surface area contributed by atoms with Crippen LogP contribution in [0.25, 0.3) is 0 Å². The Hall–Kier alpha value is -1.46. The van der Waals surface area contributed by atoms with Crippen molar-refractivity contribution in [3.05, 3.63) is 39.3 Å². The second kappa shape index (κ2) is 7.99. The van der Waals surface area contributed by atoms with Gasteiger partial charge in [-0.05, 0) is 30.9 Å². The van der Waals surface area contributed by atoms with Gasteiger partial charge < -0.3 is 14.9 Å². The molecule has 0 saturated carbocycles. The standard InChI is InChI=1S/C19H24F3N3O3S/c20-19(21,22)16-7-14-1-6-28-18(17(14)29-16)2-4-24(5-3-18)9-13-8-23-25(10-13)11-15(27)12-26/h7-8,10,15,26-27H,1-6,9,11-12H2. The van der Waals surface area contributed by atoms with Crippen molar-refractivity contribution in [2.75, 3.05) is 26.3 Å². The van der Waals surface area contributed by atoms with Gasteiger partial charge in [0.25, 0.3) is 0 Å². The molecular formula is C19H24F3N3O3S. The van der Waals surface area contributed by atoms with E-state index in [1.807, 2.05) is 6.20 Å². The molecule has 1 fully saturated rings. The molecule has 1 saturated heterocycles. The van der Waals surface area contributed by atoms with Crippen LogP contribution < -0.4 is 0 Å². The Balaban J connectivity index is 1.41. The summed E-state index contributed by atoms with van der Waals surface area (Å²) in [5, 5.41) is 22.6. The Bertz CT molecular complexity index is 843. The maximum absolute atomic E-state index is 13.2. The van der Waals surface area contributed by atoms with Crippen LogP contribution in [-0.2, 0) is 36.0 Å². The molecule has 2 aliphatic rings. The normalized spacial score (nSPS) is 20.7. The number of thiophene rings is 1. The zero-order valence-corrected chi connectivity index (χ0v) is 16.7. The van der Waals surface area contributed by atoms with Crippen LogP contribution >= 0.6 is 11.3 Å². The Morgan fingerprint density at radius 1 is 1.31 bits per heavy atom. The Morgan fingerprint density at radius 2 is 2.07 bits per heavy atom. The van der Waals surface area contributed by atoms with Gasteiger partial charge >= 0.3 is 6.18 Å². The lowest BCUT2D eigenvalue weighted by atomic mass is 9.85. The number of likely N-dealkylation sites (tertiary alicyclic amines) is 1. The van der Waals surface area contributed by atoms with Crippen molar-refractivity contribution >= 4 is 11.3 Å². The largest absolute Gasteiger partial charge is 0.425 e. The second-order valence-electron chi connectivity index (χ2n) is 7.74. The molecule has 10 heteroatoms. The lowest BCUT2D eigenvalue weighted by molar-refractivity contribution is -0.134. The van der Waals surface area contributed by atoms with Crippen LogP contribution in [0.2, 0.25) is 0 Å². The van der Waals surface area contributed by atoms with Crippen molar-refractivity contribution in [3.63, 3.8) is 0 Å². The minimum atomic E-state index is -4.31. The van der Waals surface area contributed by atoms with Gasteiger partial charge in [-0.15, -0.1) is 11.3 Å². The Kier molecular flexibility index (Phi) is 5.73. The van der Waals surface area contributed by atoms with Crippen LogP contribution in [0, 0.1) is 0 Å². The second-order valence-corrected chi connectivity index (χ2v) is 8.79. The molecule has 2 N–H and O–H groups in total. The molecule has 29 heavy (non-hydrogen) atoms. The number of aliphatic hydroxyl groups is 2. The summed E-state index contributed by atoms with van der Waals surface area (Å²) < 4.78 is 47.2. The lowest BCUT2D eigenvalue weighted by Crippen LogP contribution is -2.45. The molecule has 0 bridgehead atoms. The van der Waals surface area contributed by atoms with Crippen LogP contribution in [0.4, 0.5) is 13.2 Å². The average Bonchev–Trinajstić information content (AvgIpc) is 3.31. The summed E-state index contributed by atoms with van der Waals surface area (Å²) in [6.07, 6.45) is 0.276. The lowest BCUT2D eigenvalue weighted by Gasteiger charge is -2.43. The first-order valence-electron chi connectivity index (χ1n) is 9.66. The molecule has 1 atom stereocenters. The first-order valence-corrected chi connectivity index (χ1v) is 10.5. The van der Waals surface area contributed by atoms with E-state index in [-0.39, 0.29) is 13.2 Å². The van der Waals surface area contributed by atoms with E-state index in [9.17, 15) is 18.3 Å². The smallest absolute Gasteiger partial charge is 0.394 e. The van der Waals surface area contributed by atoms with E-state index < -0.39 is 22.8 Å². The minimum absolute atomic E-state index is 0.232. The number of rotatable bonds is 5. The number of nitrogens with zero attached hydrogens (tertiary/aromatic N) is 3. The quantitative estimate of drug-likeness (QED) is 0.761. The Morgan fingerprint density at radius 3 is 2.76 bits per heavy atom. The summed E-state index contributed by atoms with van der Waals surface area (Å²) in [6.45, 7) is 2.50. The summed E-state index contributed by atoms with van der Waals surface area (Å²) >= 11 is 0.838. The van der Waals surface area contributed by atoms with Gasteiger partial charge in [0.1, 0.15) is 10.5 Å². The number of alkyl halides is 3. The number of halogens is 3. The highest BCUT2D eigenvalue weighted by molar-refractivity contribution is 7.12. The van der Waals surface area contributed by atoms with Crippen molar-refractivity contribution in [1.82, 2.24) is 14.7 Å². The van der Waals surface area contributed by atoms with Crippen molar-refractivity contribution < 1.29 is 28.1 Å². The van der Waals surface area contributed by atoms with Gasteiger partial charge in [0.2, 0.25) is 0 Å². The topological polar surface area (TPSA) is 70.8 Å². The van der Waals surface area contributed by atoms with Crippen LogP contribution in [0.15, 0.2) is 18.5 Å². The van der Waals surface area contributed by atoms with Gasteiger partial charge in [-0.2, -0.15) is 18.3 Å². The molecule has 4 heterocycles. The molecule has 160 valence electrons. The fourth-order valence-electron chi connectivity index (χ4n) is 4.13. The van der Waals surface area contributed by atoms with E-state index in [0.717, 1.165) is 40.4 Å². The zero-order valence-electron chi connectivity index (χ0n) is 15.9. The predicted octanol–water partition coefficient (Wildman–Crippen LogP) is 2.38. The highest BCUT2D eigenvalue weighted by Gasteiger charge is 2.45. The Labute approximate surface area is 170 Å². The number of aliphatic hydroxyl groups excluding tert-OH is 2. The number of aromatic nitrogens is 2. The molecule has 2 aromatic heterocycles. The van der Waals surface area contributed by atoms with E-state index in [0.29, 0.717) is 32.4 Å². The van der Waals surface area contributed by atoms with Gasteiger partial charge in [-0.25, -0.2) is 0 Å². The molecule has 2 aliphatic heterocycles. The molecule has 2 aromatic rings. The van der Waals surface area contributed by atoms with Crippen LogP contribution in [0.5, 0.6) is 0 Å². The molecule has 0 aliphatic carbocycles. The van der Waals surface area contributed by atoms with Gasteiger partial charge in [0.15, 0.2) is 0 Å². The summed E-state index contributed by atoms with van der Waals surface area (Å²) in [5.74, 6) is 0. The van der Waals surface area contributed by atoms with Crippen LogP contribution in [0.1, 0.15) is 33.7 Å². The zero-order chi connectivity index (χ0) is 20.6. The van der Waals surface area contributed by atoms with Crippen molar-refractivity contribution in [3.8, 4) is 0 Å². The van der Waals surface area contributed by atoms with E-state index in [1.165, 1.54) is 6.07 Å². The van der Waals surface area contributed by atoms with Crippen molar-refractivity contribution in [1.29, 1.82) is 0 Å². The van der Waals surface area contributed by atoms with Crippen LogP contribution in [-0.4, -0.2) is 57.3 Å². The summed E-state index contributed by atoms with van der Waals surface area (Å²) in [4.78, 5) is 2.46. The summed E-state index contributed by atoms with van der Waals surface area (Å²) in [6, 6.07) is 1.30. The minimum Gasteiger partial charge on any atom is -0.394 e. The molecule has 4 rings (SSSR count). The van der Waals surface area contributed by atoms with Gasteiger partial charge in [0, 0.05) is 36.3 Å². The first kappa shape index (κ1) is 20.8. The first-order chi connectivity index (χ1) is 13.8. The highest BCUT2D eigenvalue weighted by atomic mass is 32.1. The van der Waals surface area contributed by atoms with Gasteiger partial charge in [-0.3, -0.25) is 9.58 Å². The number of fused-ring (bicyclic) bond motifs is 2. The maximum Gasteiger partial charge on any atom is 0.425 e. The van der Waals surface area contributed by atoms with E-state index in [4.69, 9.17) is 9.84 Å². The molecule has 0 amide bonds. The number of hydrogen-bond donors (Lipinski definition) is 2. The maximum atomic E-state index is 13.2. The number of ether oxygens (including phenoxy) is 1. The number of piperidine rings is 1. The molecule has 0 aromatic carbocycles. The van der Waals surface area contributed by atoms with E-state index in [1.54, 1.807) is 10.9 Å². The van der Waals surface area contributed by atoms with Gasteiger partial charge in [-0.1, -0.05) is 0 Å². The van der Waals surface area contributed by atoms with E-state index in [2.05, 4.69) is 10.00 Å². The van der Waals surface area contributed by atoms with E-state index >= 15 is 0 Å². The monoisotopic (exact) mass is 431 g/mol. The van der Waals surface area contributed by atoms with Crippen molar-refractivity contribution in [2.24, 2.45) is 0 Å². The SMILES string of the molecule is OCC(O)Cn1cc(CN2CCC3(CC2)OCCc2cc(C(F)(F)F)sc23)cn1. The van der Waals surface area contributed by atoms with Gasteiger partial charge in [0.05, 0.1) is 32.1 Å². The fourth-order valence-corrected chi connectivity index (χ4v) is 5.40. The molecule has 6 nitrogen and oxygen atoms in total. The third kappa shape index (κ3) is 4.36.